The third-order valence-electron chi connectivity index (χ3n) is 3.44. The second kappa shape index (κ2) is 5.76. The zero-order valence-corrected chi connectivity index (χ0v) is 12.3. The van der Waals surface area contributed by atoms with Crippen molar-refractivity contribution in [1.82, 2.24) is 9.80 Å². The molecule has 5 heteroatoms. The molecule has 0 radical (unpaired) electrons. The minimum atomic E-state index is 0.186. The van der Waals surface area contributed by atoms with Gasteiger partial charge in [-0.2, -0.15) is 0 Å². The lowest BCUT2D eigenvalue weighted by molar-refractivity contribution is 0.197. The average molecular weight is 288 g/mol. The third-order valence-corrected chi connectivity index (χ3v) is 4.12. The van der Waals surface area contributed by atoms with Crippen molar-refractivity contribution in [1.29, 1.82) is 0 Å². The molecule has 1 aliphatic rings. The molecule has 0 amide bonds. The molecule has 0 spiro atoms. The van der Waals surface area contributed by atoms with Crippen LogP contribution in [0.3, 0.4) is 0 Å². The summed E-state index contributed by atoms with van der Waals surface area (Å²) in [4.78, 5) is 4.52. The normalized spacial score (nSPS) is 19.6. The van der Waals surface area contributed by atoms with Crippen LogP contribution in [0.15, 0.2) is 12.1 Å². The lowest BCUT2D eigenvalue weighted by Crippen LogP contribution is -2.33. The molecule has 1 unspecified atom stereocenters. The van der Waals surface area contributed by atoms with Crippen molar-refractivity contribution in [2.45, 2.75) is 12.6 Å². The van der Waals surface area contributed by atoms with E-state index < -0.39 is 0 Å². The Kier molecular flexibility index (Phi) is 4.51. The number of nitrogens with two attached hydrogens (primary N) is 1. The number of halogens is 2. The molecule has 1 atom stereocenters. The number of benzene rings is 1. The van der Waals surface area contributed by atoms with Gasteiger partial charge >= 0.3 is 0 Å². The Labute approximate surface area is 118 Å². The number of hydrogen-bond donors (Lipinski definition) is 1. The van der Waals surface area contributed by atoms with Crippen LogP contribution in [0, 0.1) is 0 Å². The predicted octanol–water partition coefficient (Wildman–Crippen LogP) is 2.37. The zero-order chi connectivity index (χ0) is 13.3. The summed E-state index contributed by atoms with van der Waals surface area (Å²) in [5, 5.41) is 1.57. The van der Waals surface area contributed by atoms with E-state index in [1.807, 2.05) is 12.1 Å². The summed E-state index contributed by atoms with van der Waals surface area (Å²) in [7, 11) is 4.14. The summed E-state index contributed by atoms with van der Waals surface area (Å²) in [5.74, 6) is 0. The highest BCUT2D eigenvalue weighted by Crippen LogP contribution is 2.40. The fourth-order valence-corrected chi connectivity index (χ4v) is 2.98. The molecule has 18 heavy (non-hydrogen) atoms. The van der Waals surface area contributed by atoms with Gasteiger partial charge in [0.1, 0.15) is 0 Å². The highest BCUT2D eigenvalue weighted by Gasteiger charge is 2.32. The van der Waals surface area contributed by atoms with Crippen molar-refractivity contribution < 1.29 is 0 Å². The first-order chi connectivity index (χ1) is 8.54. The second-order valence-corrected chi connectivity index (χ2v) is 5.76. The molecule has 3 nitrogen and oxygen atoms in total. The van der Waals surface area contributed by atoms with Gasteiger partial charge in [-0.3, -0.25) is 4.90 Å². The Morgan fingerprint density at radius 1 is 1.33 bits per heavy atom. The van der Waals surface area contributed by atoms with Gasteiger partial charge in [0.2, 0.25) is 0 Å². The van der Waals surface area contributed by atoms with Crippen LogP contribution in [0.4, 0.5) is 0 Å². The molecule has 1 aromatic carbocycles. The summed E-state index contributed by atoms with van der Waals surface area (Å²) in [6.45, 7) is 3.38. The molecule has 1 aromatic rings. The van der Waals surface area contributed by atoms with Crippen LogP contribution in [-0.4, -0.2) is 43.5 Å². The van der Waals surface area contributed by atoms with Gasteiger partial charge in [-0.15, -0.1) is 0 Å². The number of rotatable bonds is 4. The molecule has 1 aliphatic heterocycles. The van der Waals surface area contributed by atoms with Gasteiger partial charge in [-0.1, -0.05) is 23.2 Å². The summed E-state index contributed by atoms with van der Waals surface area (Å²) >= 11 is 12.5. The number of fused-ring (bicyclic) bond motifs is 1. The van der Waals surface area contributed by atoms with Gasteiger partial charge < -0.3 is 10.6 Å². The smallest absolute Gasteiger partial charge is 0.0493 e. The van der Waals surface area contributed by atoms with Crippen LogP contribution in [0.5, 0.6) is 0 Å². The highest BCUT2D eigenvalue weighted by molar-refractivity contribution is 6.34. The minimum absolute atomic E-state index is 0.186. The summed E-state index contributed by atoms with van der Waals surface area (Å²) in [6, 6.07) is 3.91. The molecule has 0 saturated heterocycles. The molecule has 100 valence electrons. The molecule has 2 N–H and O–H groups in total. The Morgan fingerprint density at radius 2 is 2.00 bits per heavy atom. The van der Waals surface area contributed by atoms with Gasteiger partial charge in [-0.05, 0) is 37.4 Å². The van der Waals surface area contributed by atoms with Crippen LogP contribution < -0.4 is 5.73 Å². The Balaban J connectivity index is 2.25. The van der Waals surface area contributed by atoms with Crippen molar-refractivity contribution in [3.63, 3.8) is 0 Å². The van der Waals surface area contributed by atoms with E-state index in [-0.39, 0.29) is 6.04 Å². The van der Waals surface area contributed by atoms with Gasteiger partial charge in [0.15, 0.2) is 0 Å². The van der Waals surface area contributed by atoms with E-state index in [4.69, 9.17) is 28.9 Å². The average Bonchev–Trinajstić information content (AvgIpc) is 2.71. The van der Waals surface area contributed by atoms with E-state index in [1.54, 1.807) is 0 Å². The highest BCUT2D eigenvalue weighted by atomic mass is 35.5. The van der Waals surface area contributed by atoms with E-state index in [9.17, 15) is 0 Å². The zero-order valence-electron chi connectivity index (χ0n) is 10.8. The van der Waals surface area contributed by atoms with E-state index in [2.05, 4.69) is 23.9 Å². The van der Waals surface area contributed by atoms with Crippen LogP contribution in [0.2, 0.25) is 10.0 Å². The molecule has 0 saturated carbocycles. The quantitative estimate of drug-likeness (QED) is 0.923. The van der Waals surface area contributed by atoms with Crippen LogP contribution in [0.25, 0.3) is 0 Å². The van der Waals surface area contributed by atoms with Crippen molar-refractivity contribution in [2.24, 2.45) is 5.73 Å². The predicted molar refractivity (Wildman–Crippen MR) is 77.2 cm³/mol. The van der Waals surface area contributed by atoms with Gasteiger partial charge in [0.05, 0.1) is 0 Å². The minimum Gasteiger partial charge on any atom is -0.329 e. The third kappa shape index (κ3) is 2.65. The number of nitrogens with zero attached hydrogens (tertiary/aromatic N) is 2. The first-order valence-electron chi connectivity index (χ1n) is 6.10. The first-order valence-corrected chi connectivity index (χ1v) is 6.85. The molecule has 2 rings (SSSR count). The fraction of sp³-hybridized carbons (Fsp3) is 0.538. The maximum atomic E-state index is 6.29. The first kappa shape index (κ1) is 14.1. The summed E-state index contributed by atoms with van der Waals surface area (Å²) < 4.78 is 0. The van der Waals surface area contributed by atoms with Crippen LogP contribution in [-0.2, 0) is 6.54 Å². The molecule has 0 aromatic heterocycles. The molecule has 1 heterocycles. The standard InChI is InChI=1S/C13H19Cl2N3/c1-17(2)5-6-18-8-9-10(14)3-4-11(15)13(9)12(18)7-16/h3-4,12H,5-8,16H2,1-2H3. The Hall–Kier alpha value is -0.320. The Morgan fingerprint density at radius 3 is 2.61 bits per heavy atom. The van der Waals surface area contributed by atoms with Gasteiger partial charge in [-0.25, -0.2) is 0 Å². The molecular formula is C13H19Cl2N3. The molecular weight excluding hydrogens is 269 g/mol. The van der Waals surface area contributed by atoms with E-state index >= 15 is 0 Å². The largest absolute Gasteiger partial charge is 0.329 e. The SMILES string of the molecule is CN(C)CCN1Cc2c(Cl)ccc(Cl)c2C1CN. The molecule has 0 aliphatic carbocycles. The van der Waals surface area contributed by atoms with Gasteiger partial charge in [0.25, 0.3) is 0 Å². The lowest BCUT2D eigenvalue weighted by Gasteiger charge is -2.25. The molecule has 0 bridgehead atoms. The van der Waals surface area contributed by atoms with E-state index in [0.717, 1.165) is 40.8 Å². The Bertz CT molecular complexity index is 434. The lowest BCUT2D eigenvalue weighted by atomic mass is 10.0. The van der Waals surface area contributed by atoms with Crippen molar-refractivity contribution >= 4 is 23.2 Å². The second-order valence-electron chi connectivity index (χ2n) is 4.95. The fourth-order valence-electron chi connectivity index (χ4n) is 2.46. The summed E-state index contributed by atoms with van der Waals surface area (Å²) in [6.07, 6.45) is 0. The topological polar surface area (TPSA) is 32.5 Å². The summed E-state index contributed by atoms with van der Waals surface area (Å²) in [5.41, 5.74) is 8.16. The van der Waals surface area contributed by atoms with Crippen molar-refractivity contribution in [3.8, 4) is 0 Å². The monoisotopic (exact) mass is 287 g/mol. The maximum Gasteiger partial charge on any atom is 0.0493 e. The van der Waals surface area contributed by atoms with Gasteiger partial charge in [0, 0.05) is 42.3 Å². The van der Waals surface area contributed by atoms with E-state index in [1.165, 1.54) is 0 Å². The maximum absolute atomic E-state index is 6.29. The number of likely N-dealkylation sites (N-methyl/N-ethyl adjacent to an activating group) is 1. The van der Waals surface area contributed by atoms with Crippen LogP contribution >= 0.6 is 23.2 Å². The number of hydrogen-bond acceptors (Lipinski definition) is 3. The van der Waals surface area contributed by atoms with Crippen LogP contribution in [0.1, 0.15) is 17.2 Å². The molecule has 0 fully saturated rings. The van der Waals surface area contributed by atoms with Crippen molar-refractivity contribution in [3.05, 3.63) is 33.3 Å². The van der Waals surface area contributed by atoms with E-state index in [0.29, 0.717) is 6.54 Å². The van der Waals surface area contributed by atoms with Crippen molar-refractivity contribution in [2.75, 3.05) is 33.7 Å².